The maximum Gasteiger partial charge on any atom is 0.211 e. The van der Waals surface area contributed by atoms with Crippen LogP contribution in [0.25, 0.3) is 11.3 Å². The first-order valence-corrected chi connectivity index (χ1v) is 5.06. The Kier molecular flexibility index (Phi) is 2.92. The number of hydrogen-bond donors (Lipinski definition) is 1. The first kappa shape index (κ1) is 10.7. The third-order valence-electron chi connectivity index (χ3n) is 2.30. The molecule has 1 aromatic heterocycles. The van der Waals surface area contributed by atoms with Gasteiger partial charge in [0, 0.05) is 5.56 Å². The molecule has 1 aromatic carbocycles. The second kappa shape index (κ2) is 4.37. The van der Waals surface area contributed by atoms with Crippen molar-refractivity contribution in [3.63, 3.8) is 0 Å². The summed E-state index contributed by atoms with van der Waals surface area (Å²) in [5, 5.41) is 0. The average molecular weight is 218 g/mol. The van der Waals surface area contributed by atoms with Crippen LogP contribution in [0.2, 0.25) is 0 Å². The fraction of sp³-hybridized carbons (Fsp3) is 0.250. The minimum atomic E-state index is -0.188. The molecule has 2 rings (SSSR count). The number of oxazole rings is 1. The van der Waals surface area contributed by atoms with Crippen molar-refractivity contribution in [3.05, 3.63) is 36.4 Å². The van der Waals surface area contributed by atoms with Crippen molar-refractivity contribution in [2.45, 2.75) is 13.0 Å². The van der Waals surface area contributed by atoms with Gasteiger partial charge >= 0.3 is 0 Å². The molecule has 0 aliphatic rings. The maximum absolute atomic E-state index is 5.67. The molecule has 4 heteroatoms. The minimum Gasteiger partial charge on any atom is -0.497 e. The van der Waals surface area contributed by atoms with Gasteiger partial charge in [0.1, 0.15) is 17.7 Å². The van der Waals surface area contributed by atoms with E-state index in [9.17, 15) is 0 Å². The zero-order valence-corrected chi connectivity index (χ0v) is 9.31. The lowest BCUT2D eigenvalue weighted by molar-refractivity contribution is 0.415. The van der Waals surface area contributed by atoms with Crippen LogP contribution in [0.3, 0.4) is 0 Å². The van der Waals surface area contributed by atoms with Gasteiger partial charge in [-0.05, 0) is 31.2 Å². The number of ether oxygens (including phenoxy) is 1. The lowest BCUT2D eigenvalue weighted by atomic mass is 10.2. The highest BCUT2D eigenvalue weighted by atomic mass is 16.5. The number of hydrogen-bond acceptors (Lipinski definition) is 4. The summed E-state index contributed by atoms with van der Waals surface area (Å²) in [5.41, 5.74) is 7.44. The molecule has 0 spiro atoms. The molecular formula is C12H14N2O2. The minimum absolute atomic E-state index is 0.188. The number of nitrogens with zero attached hydrogens (tertiary/aromatic N) is 1. The fourth-order valence-corrected chi connectivity index (χ4v) is 1.39. The molecule has 0 aliphatic heterocycles. The molecule has 1 unspecified atom stereocenters. The van der Waals surface area contributed by atoms with Crippen LogP contribution in [-0.2, 0) is 0 Å². The molecule has 16 heavy (non-hydrogen) atoms. The van der Waals surface area contributed by atoms with Crippen LogP contribution in [0.4, 0.5) is 0 Å². The topological polar surface area (TPSA) is 61.3 Å². The van der Waals surface area contributed by atoms with Gasteiger partial charge in [-0.3, -0.25) is 0 Å². The number of aromatic nitrogens is 1. The van der Waals surface area contributed by atoms with Crippen LogP contribution < -0.4 is 10.5 Å². The van der Waals surface area contributed by atoms with Gasteiger partial charge in [0.05, 0.1) is 13.2 Å². The summed E-state index contributed by atoms with van der Waals surface area (Å²) in [6.07, 6.45) is 1.61. The highest BCUT2D eigenvalue weighted by Gasteiger charge is 2.09. The predicted octanol–water partition coefficient (Wildman–Crippen LogP) is 2.37. The van der Waals surface area contributed by atoms with Gasteiger partial charge in [-0.2, -0.15) is 0 Å². The standard InChI is InChI=1S/C12H14N2O2/c1-8(13)12-14-11(7-16-12)9-3-5-10(15-2)6-4-9/h3-8H,13H2,1-2H3. The Bertz CT molecular complexity index is 460. The number of methoxy groups -OCH3 is 1. The third kappa shape index (κ3) is 2.06. The van der Waals surface area contributed by atoms with E-state index >= 15 is 0 Å². The Labute approximate surface area is 94.1 Å². The van der Waals surface area contributed by atoms with Crippen LogP contribution in [-0.4, -0.2) is 12.1 Å². The molecule has 0 fully saturated rings. The summed E-state index contributed by atoms with van der Waals surface area (Å²) < 4.78 is 10.4. The summed E-state index contributed by atoms with van der Waals surface area (Å²) in [7, 11) is 1.64. The van der Waals surface area contributed by atoms with Crippen LogP contribution in [0, 0.1) is 0 Å². The maximum atomic E-state index is 5.67. The number of rotatable bonds is 3. The van der Waals surface area contributed by atoms with Crippen molar-refractivity contribution in [1.29, 1.82) is 0 Å². The van der Waals surface area contributed by atoms with Crippen LogP contribution in [0.1, 0.15) is 18.9 Å². The summed E-state index contributed by atoms with van der Waals surface area (Å²) >= 11 is 0. The zero-order chi connectivity index (χ0) is 11.5. The SMILES string of the molecule is COc1ccc(-c2coc(C(C)N)n2)cc1. The Balaban J connectivity index is 2.28. The highest BCUT2D eigenvalue weighted by molar-refractivity contribution is 5.58. The Hall–Kier alpha value is -1.81. The van der Waals surface area contributed by atoms with Crippen molar-refractivity contribution in [3.8, 4) is 17.0 Å². The van der Waals surface area contributed by atoms with E-state index in [0.29, 0.717) is 5.89 Å². The van der Waals surface area contributed by atoms with Crippen LogP contribution >= 0.6 is 0 Å². The Morgan fingerprint density at radius 1 is 1.31 bits per heavy atom. The van der Waals surface area contributed by atoms with E-state index in [2.05, 4.69) is 4.98 Å². The van der Waals surface area contributed by atoms with Crippen LogP contribution in [0.15, 0.2) is 34.9 Å². The van der Waals surface area contributed by atoms with E-state index in [0.717, 1.165) is 17.0 Å². The van der Waals surface area contributed by atoms with Crippen molar-refractivity contribution >= 4 is 0 Å². The van der Waals surface area contributed by atoms with Crippen molar-refractivity contribution in [2.24, 2.45) is 5.73 Å². The number of nitrogens with two attached hydrogens (primary N) is 1. The van der Waals surface area contributed by atoms with Gasteiger partial charge < -0.3 is 14.9 Å². The second-order valence-electron chi connectivity index (χ2n) is 3.59. The smallest absolute Gasteiger partial charge is 0.211 e. The summed E-state index contributed by atoms with van der Waals surface area (Å²) in [6, 6.07) is 7.45. The van der Waals surface area contributed by atoms with Gasteiger partial charge in [0.25, 0.3) is 0 Å². The molecular weight excluding hydrogens is 204 g/mol. The van der Waals surface area contributed by atoms with Gasteiger partial charge in [0.2, 0.25) is 5.89 Å². The van der Waals surface area contributed by atoms with E-state index < -0.39 is 0 Å². The monoisotopic (exact) mass is 218 g/mol. The Morgan fingerprint density at radius 3 is 2.50 bits per heavy atom. The fourth-order valence-electron chi connectivity index (χ4n) is 1.39. The second-order valence-corrected chi connectivity index (χ2v) is 3.59. The molecule has 4 nitrogen and oxygen atoms in total. The lowest BCUT2D eigenvalue weighted by Gasteiger charge is -2.00. The molecule has 2 aromatic rings. The molecule has 0 bridgehead atoms. The zero-order valence-electron chi connectivity index (χ0n) is 9.31. The largest absolute Gasteiger partial charge is 0.497 e. The van der Waals surface area contributed by atoms with Gasteiger partial charge in [-0.1, -0.05) is 0 Å². The third-order valence-corrected chi connectivity index (χ3v) is 2.30. The van der Waals surface area contributed by atoms with E-state index in [1.807, 2.05) is 31.2 Å². The molecule has 1 heterocycles. The highest BCUT2D eigenvalue weighted by Crippen LogP contribution is 2.22. The first-order chi connectivity index (χ1) is 7.70. The molecule has 0 radical (unpaired) electrons. The Morgan fingerprint density at radius 2 is 2.00 bits per heavy atom. The molecule has 2 N–H and O–H groups in total. The molecule has 1 atom stereocenters. The predicted molar refractivity (Wildman–Crippen MR) is 61.1 cm³/mol. The van der Waals surface area contributed by atoms with Crippen LogP contribution in [0.5, 0.6) is 5.75 Å². The van der Waals surface area contributed by atoms with Crippen molar-refractivity contribution < 1.29 is 9.15 Å². The molecule has 0 aliphatic carbocycles. The van der Waals surface area contributed by atoms with Gasteiger partial charge in [0.15, 0.2) is 0 Å². The normalized spacial score (nSPS) is 12.4. The molecule has 84 valence electrons. The van der Waals surface area contributed by atoms with Crippen molar-refractivity contribution in [1.82, 2.24) is 4.98 Å². The van der Waals surface area contributed by atoms with Gasteiger partial charge in [-0.15, -0.1) is 0 Å². The summed E-state index contributed by atoms with van der Waals surface area (Å²) in [6.45, 7) is 1.84. The molecule has 0 saturated heterocycles. The quantitative estimate of drug-likeness (QED) is 0.859. The first-order valence-electron chi connectivity index (χ1n) is 5.06. The lowest BCUT2D eigenvalue weighted by Crippen LogP contribution is -2.04. The van der Waals surface area contributed by atoms with E-state index in [1.165, 1.54) is 0 Å². The summed E-state index contributed by atoms with van der Waals surface area (Å²) in [5.74, 6) is 1.37. The van der Waals surface area contributed by atoms with Gasteiger partial charge in [-0.25, -0.2) is 4.98 Å². The summed E-state index contributed by atoms with van der Waals surface area (Å²) in [4.78, 5) is 4.30. The van der Waals surface area contributed by atoms with E-state index in [-0.39, 0.29) is 6.04 Å². The van der Waals surface area contributed by atoms with Crippen molar-refractivity contribution in [2.75, 3.05) is 7.11 Å². The van der Waals surface area contributed by atoms with E-state index in [1.54, 1.807) is 13.4 Å². The van der Waals surface area contributed by atoms with E-state index in [4.69, 9.17) is 14.9 Å². The average Bonchev–Trinajstić information content (AvgIpc) is 2.78. The number of benzene rings is 1. The molecule has 0 saturated carbocycles. The molecule has 0 amide bonds.